The Morgan fingerprint density at radius 2 is 1.94 bits per heavy atom. The normalized spacial score (nSPS) is 11.6. The lowest BCUT2D eigenvalue weighted by Gasteiger charge is -2.09. The first-order valence-electron chi connectivity index (χ1n) is 4.84. The molecule has 2 nitrogen and oxygen atoms in total. The van der Waals surface area contributed by atoms with Crippen LogP contribution in [-0.2, 0) is 0 Å². The van der Waals surface area contributed by atoms with Crippen molar-refractivity contribution >= 4 is 17.4 Å². The van der Waals surface area contributed by atoms with E-state index in [0.717, 1.165) is 6.07 Å². The first-order valence-corrected chi connectivity index (χ1v) is 5.22. The Morgan fingerprint density at radius 1 is 1.22 bits per heavy atom. The monoisotopic (exact) mass is 274 g/mol. The molecule has 2 aromatic rings. The van der Waals surface area contributed by atoms with Crippen molar-refractivity contribution in [2.75, 3.05) is 0 Å². The molecule has 0 amide bonds. The average molecular weight is 275 g/mol. The molecule has 1 aromatic carbocycles. The average Bonchev–Trinajstić information content (AvgIpc) is 2.80. The van der Waals surface area contributed by atoms with Gasteiger partial charge < -0.3 is 4.42 Å². The predicted octanol–water partition coefficient (Wildman–Crippen LogP) is 4.35. The van der Waals surface area contributed by atoms with Gasteiger partial charge in [-0.1, -0.05) is 11.6 Å². The fourth-order valence-electron chi connectivity index (χ4n) is 1.50. The van der Waals surface area contributed by atoms with E-state index in [1.54, 1.807) is 0 Å². The van der Waals surface area contributed by atoms with Gasteiger partial charge >= 0.3 is 6.18 Å². The zero-order valence-corrected chi connectivity index (χ0v) is 9.55. The minimum absolute atomic E-state index is 0.0536. The molecule has 0 bridgehead atoms. The van der Waals surface area contributed by atoms with Crippen LogP contribution in [0.3, 0.4) is 0 Å². The summed E-state index contributed by atoms with van der Waals surface area (Å²) in [6, 6.07) is 6.68. The van der Waals surface area contributed by atoms with Crippen LogP contribution in [-0.4, -0.2) is 12.0 Å². The smallest absolute Gasteiger partial charge is 0.454 e. The van der Waals surface area contributed by atoms with Gasteiger partial charge in [-0.25, -0.2) is 0 Å². The van der Waals surface area contributed by atoms with Crippen LogP contribution in [0.25, 0.3) is 11.3 Å². The molecular formula is C12H6ClF3O2. The third-order valence-corrected chi connectivity index (χ3v) is 2.51. The summed E-state index contributed by atoms with van der Waals surface area (Å²) in [4.78, 5) is 11.3. The maximum atomic E-state index is 12.5. The van der Waals surface area contributed by atoms with Crippen LogP contribution in [0.5, 0.6) is 0 Å². The molecule has 0 radical (unpaired) electrons. The van der Waals surface area contributed by atoms with E-state index in [1.807, 2.05) is 0 Å². The zero-order valence-electron chi connectivity index (χ0n) is 8.79. The van der Waals surface area contributed by atoms with E-state index in [2.05, 4.69) is 0 Å². The van der Waals surface area contributed by atoms with Crippen molar-refractivity contribution in [3.8, 4) is 11.3 Å². The van der Waals surface area contributed by atoms with Gasteiger partial charge in [0.1, 0.15) is 5.76 Å². The van der Waals surface area contributed by atoms with Gasteiger partial charge in [0.05, 0.1) is 6.26 Å². The fraction of sp³-hybridized carbons (Fsp3) is 0.0833. The van der Waals surface area contributed by atoms with Crippen LogP contribution in [0.15, 0.2) is 41.0 Å². The molecular weight excluding hydrogens is 269 g/mol. The van der Waals surface area contributed by atoms with E-state index in [-0.39, 0.29) is 16.3 Å². The highest BCUT2D eigenvalue weighted by Crippen LogP contribution is 2.31. The van der Waals surface area contributed by atoms with Gasteiger partial charge in [0.15, 0.2) is 0 Å². The van der Waals surface area contributed by atoms with Crippen LogP contribution in [0.2, 0.25) is 5.02 Å². The van der Waals surface area contributed by atoms with Crippen molar-refractivity contribution in [1.29, 1.82) is 0 Å². The third-order valence-electron chi connectivity index (χ3n) is 2.27. The van der Waals surface area contributed by atoms with E-state index < -0.39 is 17.5 Å². The molecule has 18 heavy (non-hydrogen) atoms. The summed E-state index contributed by atoms with van der Waals surface area (Å²) < 4.78 is 42.4. The van der Waals surface area contributed by atoms with Crippen molar-refractivity contribution in [3.05, 3.63) is 47.2 Å². The Bertz CT molecular complexity index is 574. The molecule has 2 rings (SSSR count). The van der Waals surface area contributed by atoms with Gasteiger partial charge in [-0.05, 0) is 30.3 Å². The van der Waals surface area contributed by atoms with Crippen LogP contribution in [0, 0.1) is 0 Å². The van der Waals surface area contributed by atoms with Crippen LogP contribution in [0.1, 0.15) is 10.4 Å². The number of hydrogen-bond acceptors (Lipinski definition) is 2. The number of benzene rings is 1. The van der Waals surface area contributed by atoms with E-state index in [4.69, 9.17) is 16.0 Å². The quantitative estimate of drug-likeness (QED) is 0.762. The second-order valence-corrected chi connectivity index (χ2v) is 3.93. The number of hydrogen-bond donors (Lipinski definition) is 0. The zero-order chi connectivity index (χ0) is 13.3. The number of furan rings is 1. The Balaban J connectivity index is 2.59. The molecule has 0 fully saturated rings. The van der Waals surface area contributed by atoms with Gasteiger partial charge in [-0.3, -0.25) is 4.79 Å². The highest BCUT2D eigenvalue weighted by molar-refractivity contribution is 6.31. The first kappa shape index (κ1) is 12.7. The number of carbonyl (C=O) groups excluding carboxylic acids is 1. The van der Waals surface area contributed by atoms with Gasteiger partial charge in [0.25, 0.3) is 5.78 Å². The molecule has 0 saturated heterocycles. The second-order valence-electron chi connectivity index (χ2n) is 3.49. The number of ketones is 1. The fourth-order valence-corrected chi connectivity index (χ4v) is 1.68. The molecule has 0 spiro atoms. The molecule has 6 heteroatoms. The van der Waals surface area contributed by atoms with Crippen molar-refractivity contribution in [2.24, 2.45) is 0 Å². The Kier molecular flexibility index (Phi) is 3.17. The number of halogens is 4. The van der Waals surface area contributed by atoms with Crippen molar-refractivity contribution in [1.82, 2.24) is 0 Å². The molecule has 1 aromatic heterocycles. The maximum Gasteiger partial charge on any atom is 0.454 e. The van der Waals surface area contributed by atoms with Crippen molar-refractivity contribution < 1.29 is 22.4 Å². The maximum absolute atomic E-state index is 12.5. The van der Waals surface area contributed by atoms with E-state index in [0.29, 0.717) is 0 Å². The standard InChI is InChI=1S/C12H6ClF3O2/c13-7-3-4-8(10-2-1-5-18-10)9(6-7)11(17)12(14,15)16/h1-6H. The van der Waals surface area contributed by atoms with Crippen LogP contribution >= 0.6 is 11.6 Å². The van der Waals surface area contributed by atoms with Crippen LogP contribution < -0.4 is 0 Å². The Labute approximate surface area is 105 Å². The third kappa shape index (κ3) is 2.41. The first-order chi connectivity index (χ1) is 8.39. The number of Topliss-reactive ketones (excluding diaryl/α,β-unsaturated/α-hetero) is 1. The number of alkyl halides is 3. The molecule has 94 valence electrons. The molecule has 0 saturated carbocycles. The lowest BCUT2D eigenvalue weighted by molar-refractivity contribution is -0.0884. The lowest BCUT2D eigenvalue weighted by Crippen LogP contribution is -2.23. The summed E-state index contributed by atoms with van der Waals surface area (Å²) in [5.74, 6) is -1.77. The Hall–Kier alpha value is -1.75. The minimum Gasteiger partial charge on any atom is -0.464 e. The van der Waals surface area contributed by atoms with E-state index in [9.17, 15) is 18.0 Å². The van der Waals surface area contributed by atoms with E-state index >= 15 is 0 Å². The largest absolute Gasteiger partial charge is 0.464 e. The van der Waals surface area contributed by atoms with E-state index in [1.165, 1.54) is 30.5 Å². The van der Waals surface area contributed by atoms with Gasteiger partial charge in [-0.2, -0.15) is 13.2 Å². The number of rotatable bonds is 2. The van der Waals surface area contributed by atoms with Gasteiger partial charge in [-0.15, -0.1) is 0 Å². The molecule has 0 aliphatic carbocycles. The molecule has 0 atom stereocenters. The number of carbonyl (C=O) groups is 1. The summed E-state index contributed by atoms with van der Waals surface area (Å²) in [6.07, 6.45) is -3.64. The highest BCUT2D eigenvalue weighted by Gasteiger charge is 2.40. The summed E-state index contributed by atoms with van der Waals surface area (Å²) in [5, 5.41) is 0.0536. The van der Waals surface area contributed by atoms with Crippen molar-refractivity contribution in [3.63, 3.8) is 0 Å². The highest BCUT2D eigenvalue weighted by atomic mass is 35.5. The molecule has 1 heterocycles. The summed E-state index contributed by atoms with van der Waals surface area (Å²) in [5.41, 5.74) is -0.461. The summed E-state index contributed by atoms with van der Waals surface area (Å²) in [7, 11) is 0. The minimum atomic E-state index is -4.95. The topological polar surface area (TPSA) is 30.2 Å². The van der Waals surface area contributed by atoms with Crippen molar-refractivity contribution in [2.45, 2.75) is 6.18 Å². The molecule has 0 aliphatic heterocycles. The lowest BCUT2D eigenvalue weighted by atomic mass is 10.0. The Morgan fingerprint density at radius 3 is 2.50 bits per heavy atom. The van der Waals surface area contributed by atoms with Crippen LogP contribution in [0.4, 0.5) is 13.2 Å². The molecule has 0 aliphatic rings. The summed E-state index contributed by atoms with van der Waals surface area (Å²) in [6.45, 7) is 0. The molecule has 0 unspecified atom stereocenters. The van der Waals surface area contributed by atoms with Gasteiger partial charge in [0.2, 0.25) is 0 Å². The van der Waals surface area contributed by atoms with Gasteiger partial charge in [0, 0.05) is 16.1 Å². The SMILES string of the molecule is O=C(c1cc(Cl)ccc1-c1ccco1)C(F)(F)F. The summed E-state index contributed by atoms with van der Waals surface area (Å²) >= 11 is 5.62. The second kappa shape index (κ2) is 4.49. The predicted molar refractivity (Wildman–Crippen MR) is 59.5 cm³/mol. The molecule has 0 N–H and O–H groups in total.